The Labute approximate surface area is 148 Å². The van der Waals surface area contributed by atoms with E-state index in [9.17, 15) is 9.18 Å². The lowest BCUT2D eigenvalue weighted by Gasteiger charge is -2.20. The summed E-state index contributed by atoms with van der Waals surface area (Å²) in [5.74, 6) is -0.620. The topological polar surface area (TPSA) is 55.1 Å². The summed E-state index contributed by atoms with van der Waals surface area (Å²) in [5, 5.41) is 2.91. The number of hydrogen-bond acceptors (Lipinski definition) is 2. The molecule has 2 aromatic carbocycles. The molecule has 1 amide bonds. The largest absolute Gasteiger partial charge is 0.355 e. The number of rotatable bonds is 6. The van der Waals surface area contributed by atoms with Gasteiger partial charge in [-0.2, -0.15) is 0 Å². The molecule has 3 N–H and O–H groups in total. The molecule has 0 aliphatic heterocycles. The molecule has 2 rings (SSSR count). The Bertz CT molecular complexity index is 664. The maximum absolute atomic E-state index is 13.1. The van der Waals surface area contributed by atoms with Crippen LogP contribution in [0.15, 0.2) is 48.5 Å². The van der Waals surface area contributed by atoms with Gasteiger partial charge >= 0.3 is 0 Å². The normalized spacial score (nSPS) is 12.8. The van der Waals surface area contributed by atoms with Crippen LogP contribution in [-0.2, 0) is 11.2 Å². The van der Waals surface area contributed by atoms with Gasteiger partial charge in [0.2, 0.25) is 5.91 Å². The van der Waals surface area contributed by atoms with E-state index in [1.165, 1.54) is 12.1 Å². The number of nitrogens with one attached hydrogen (secondary N) is 1. The third kappa shape index (κ3) is 5.32. The fourth-order valence-corrected chi connectivity index (χ4v) is 2.55. The molecular weight excluding hydrogens is 327 g/mol. The second kappa shape index (κ2) is 9.40. The molecule has 0 saturated carbocycles. The van der Waals surface area contributed by atoms with Crippen LogP contribution in [0, 0.1) is 18.7 Å². The lowest BCUT2D eigenvalue weighted by atomic mass is 9.94. The van der Waals surface area contributed by atoms with Crippen LogP contribution in [0.2, 0.25) is 0 Å². The number of aryl methyl sites for hydroxylation is 1. The summed E-state index contributed by atoms with van der Waals surface area (Å²) in [6, 6.07) is 14.0. The van der Waals surface area contributed by atoms with Crippen LogP contribution in [0.4, 0.5) is 4.39 Å². The minimum Gasteiger partial charge on any atom is -0.355 e. The smallest absolute Gasteiger partial charge is 0.224 e. The molecule has 0 saturated heterocycles. The Morgan fingerprint density at radius 3 is 2.50 bits per heavy atom. The fourth-order valence-electron chi connectivity index (χ4n) is 2.55. The molecule has 5 heteroatoms. The van der Waals surface area contributed by atoms with Gasteiger partial charge in [-0.05, 0) is 42.2 Å². The second-order valence-electron chi connectivity index (χ2n) is 5.84. The summed E-state index contributed by atoms with van der Waals surface area (Å²) < 4.78 is 13.1. The highest BCUT2D eigenvalue weighted by atomic mass is 35.5. The highest BCUT2D eigenvalue weighted by molar-refractivity contribution is 5.85. The van der Waals surface area contributed by atoms with Gasteiger partial charge in [-0.3, -0.25) is 4.79 Å². The lowest BCUT2D eigenvalue weighted by Crippen LogP contribution is -2.36. The van der Waals surface area contributed by atoms with Gasteiger partial charge in [0.15, 0.2) is 0 Å². The van der Waals surface area contributed by atoms with E-state index in [1.807, 2.05) is 44.2 Å². The van der Waals surface area contributed by atoms with Crippen LogP contribution in [0.1, 0.15) is 29.7 Å². The quantitative estimate of drug-likeness (QED) is 0.837. The minimum atomic E-state index is -0.330. The zero-order valence-electron chi connectivity index (χ0n) is 14.0. The van der Waals surface area contributed by atoms with E-state index >= 15 is 0 Å². The first-order valence-corrected chi connectivity index (χ1v) is 7.82. The number of hydrogen-bond donors (Lipinski definition) is 2. The molecule has 0 aromatic heterocycles. The van der Waals surface area contributed by atoms with Crippen LogP contribution >= 0.6 is 12.4 Å². The molecule has 2 atom stereocenters. The van der Waals surface area contributed by atoms with Gasteiger partial charge in [-0.25, -0.2) is 4.39 Å². The first kappa shape index (κ1) is 20.1. The van der Waals surface area contributed by atoms with Crippen molar-refractivity contribution < 1.29 is 9.18 Å². The Morgan fingerprint density at radius 1 is 1.21 bits per heavy atom. The van der Waals surface area contributed by atoms with Crippen molar-refractivity contribution in [2.45, 2.75) is 26.3 Å². The van der Waals surface area contributed by atoms with Crippen molar-refractivity contribution in [1.82, 2.24) is 5.32 Å². The maximum Gasteiger partial charge on any atom is 0.224 e. The summed E-state index contributed by atoms with van der Waals surface area (Å²) in [7, 11) is 0. The molecule has 130 valence electrons. The van der Waals surface area contributed by atoms with Crippen molar-refractivity contribution >= 4 is 18.3 Å². The predicted octanol–water partition coefficient (Wildman–Crippen LogP) is 3.55. The number of carbonyl (C=O) groups excluding carboxylic acids is 1. The lowest BCUT2D eigenvalue weighted by molar-refractivity contribution is -0.125. The summed E-state index contributed by atoms with van der Waals surface area (Å²) in [4.78, 5) is 12.2. The van der Waals surface area contributed by atoms with Gasteiger partial charge in [0.05, 0.1) is 5.92 Å². The van der Waals surface area contributed by atoms with Gasteiger partial charge < -0.3 is 11.1 Å². The summed E-state index contributed by atoms with van der Waals surface area (Å²) in [5.41, 5.74) is 9.04. The van der Waals surface area contributed by atoms with Crippen LogP contribution in [0.25, 0.3) is 0 Å². The molecule has 0 aliphatic carbocycles. The molecule has 0 heterocycles. The van der Waals surface area contributed by atoms with E-state index in [0.29, 0.717) is 13.0 Å². The number of benzene rings is 2. The van der Waals surface area contributed by atoms with E-state index < -0.39 is 0 Å². The zero-order valence-corrected chi connectivity index (χ0v) is 14.8. The van der Waals surface area contributed by atoms with Crippen molar-refractivity contribution in [2.75, 3.05) is 6.54 Å². The minimum absolute atomic E-state index is 0. The third-order valence-electron chi connectivity index (χ3n) is 4.13. The highest BCUT2D eigenvalue weighted by Gasteiger charge is 2.21. The van der Waals surface area contributed by atoms with Crippen molar-refractivity contribution in [3.8, 4) is 0 Å². The number of carbonyl (C=O) groups is 1. The van der Waals surface area contributed by atoms with Crippen LogP contribution in [0.3, 0.4) is 0 Å². The molecule has 24 heavy (non-hydrogen) atoms. The zero-order chi connectivity index (χ0) is 16.8. The number of nitrogens with two attached hydrogens (primary N) is 1. The Hall–Kier alpha value is -1.91. The SMILES string of the molecule is Cc1cc(F)ccc1CCNC(=O)C(C)C(N)c1ccccc1.Cl. The van der Waals surface area contributed by atoms with Crippen molar-refractivity contribution in [3.05, 3.63) is 71.0 Å². The molecule has 2 unspecified atom stereocenters. The van der Waals surface area contributed by atoms with E-state index in [-0.39, 0.29) is 36.1 Å². The molecule has 0 spiro atoms. The molecule has 0 bridgehead atoms. The molecule has 0 aliphatic rings. The first-order valence-electron chi connectivity index (χ1n) is 7.82. The van der Waals surface area contributed by atoms with Crippen molar-refractivity contribution in [3.63, 3.8) is 0 Å². The van der Waals surface area contributed by atoms with Gasteiger partial charge in [-0.15, -0.1) is 12.4 Å². The van der Waals surface area contributed by atoms with Gasteiger partial charge in [-0.1, -0.05) is 43.3 Å². The molecule has 3 nitrogen and oxygen atoms in total. The third-order valence-corrected chi connectivity index (χ3v) is 4.13. The van der Waals surface area contributed by atoms with E-state index in [0.717, 1.165) is 16.7 Å². The average Bonchev–Trinajstić information content (AvgIpc) is 2.56. The van der Waals surface area contributed by atoms with Gasteiger partial charge in [0, 0.05) is 12.6 Å². The Morgan fingerprint density at radius 2 is 1.88 bits per heavy atom. The summed E-state index contributed by atoms with van der Waals surface area (Å²) in [6.45, 7) is 4.21. The van der Waals surface area contributed by atoms with Gasteiger partial charge in [0.25, 0.3) is 0 Å². The standard InChI is InChI=1S/C19H23FN2O.ClH/c1-13-12-17(20)9-8-15(13)10-11-22-19(23)14(2)18(21)16-6-4-3-5-7-16;/h3-9,12,14,18H,10-11,21H2,1-2H3,(H,22,23);1H. The van der Waals surface area contributed by atoms with Crippen molar-refractivity contribution in [2.24, 2.45) is 11.7 Å². The van der Waals surface area contributed by atoms with E-state index in [2.05, 4.69) is 5.32 Å². The van der Waals surface area contributed by atoms with Crippen LogP contribution in [0.5, 0.6) is 0 Å². The monoisotopic (exact) mass is 350 g/mol. The molecule has 0 radical (unpaired) electrons. The fraction of sp³-hybridized carbons (Fsp3) is 0.316. The Balaban J connectivity index is 0.00000288. The molecule has 2 aromatic rings. The van der Waals surface area contributed by atoms with Gasteiger partial charge in [0.1, 0.15) is 5.82 Å². The van der Waals surface area contributed by atoms with Crippen LogP contribution < -0.4 is 11.1 Å². The van der Waals surface area contributed by atoms with Crippen molar-refractivity contribution in [1.29, 1.82) is 0 Å². The number of amides is 1. The highest BCUT2D eigenvalue weighted by Crippen LogP contribution is 2.19. The molecule has 0 fully saturated rings. The Kier molecular flexibility index (Phi) is 7.89. The molecular formula is C19H24ClFN2O. The summed E-state index contributed by atoms with van der Waals surface area (Å²) >= 11 is 0. The average molecular weight is 351 g/mol. The maximum atomic E-state index is 13.1. The summed E-state index contributed by atoms with van der Waals surface area (Å²) in [6.07, 6.45) is 0.672. The predicted molar refractivity (Wildman–Crippen MR) is 97.6 cm³/mol. The first-order chi connectivity index (χ1) is 11.0. The van der Waals surface area contributed by atoms with Crippen LogP contribution in [-0.4, -0.2) is 12.5 Å². The number of halogens is 2. The van der Waals surface area contributed by atoms with E-state index in [1.54, 1.807) is 6.07 Å². The second-order valence-corrected chi connectivity index (χ2v) is 5.84. The van der Waals surface area contributed by atoms with E-state index in [4.69, 9.17) is 5.73 Å².